The molecule has 140 valence electrons. The third-order valence-corrected chi connectivity index (χ3v) is 4.99. The number of para-hydroxylation sites is 1. The number of allylic oxidation sites excluding steroid dienone is 3. The van der Waals surface area contributed by atoms with Crippen LogP contribution in [0.2, 0.25) is 0 Å². The van der Waals surface area contributed by atoms with E-state index in [0.717, 1.165) is 0 Å². The zero-order valence-electron chi connectivity index (χ0n) is 15.4. The third kappa shape index (κ3) is 2.91. The van der Waals surface area contributed by atoms with Gasteiger partial charge in [0.2, 0.25) is 0 Å². The molecule has 0 radical (unpaired) electrons. The number of carbonyl (C=O) groups excluding carboxylic acids is 3. The van der Waals surface area contributed by atoms with Crippen molar-refractivity contribution in [3.05, 3.63) is 90.0 Å². The molecule has 29 heavy (non-hydrogen) atoms. The van der Waals surface area contributed by atoms with Crippen LogP contribution in [0.25, 0.3) is 0 Å². The van der Waals surface area contributed by atoms with Gasteiger partial charge in [0.15, 0.2) is 11.6 Å². The predicted octanol–water partition coefficient (Wildman–Crippen LogP) is 3.08. The van der Waals surface area contributed by atoms with E-state index in [1.165, 1.54) is 23.2 Å². The van der Waals surface area contributed by atoms with Gasteiger partial charge >= 0.3 is 0 Å². The molecule has 1 amide bonds. The van der Waals surface area contributed by atoms with Crippen molar-refractivity contribution in [2.75, 3.05) is 5.01 Å². The van der Waals surface area contributed by atoms with Crippen LogP contribution in [0.15, 0.2) is 89.6 Å². The van der Waals surface area contributed by atoms with Crippen molar-refractivity contribution in [2.45, 2.75) is 6.42 Å². The van der Waals surface area contributed by atoms with Crippen LogP contribution in [0.1, 0.15) is 12.0 Å². The van der Waals surface area contributed by atoms with Gasteiger partial charge < -0.3 is 0 Å². The lowest BCUT2D eigenvalue weighted by atomic mass is 9.68. The summed E-state index contributed by atoms with van der Waals surface area (Å²) in [6.07, 6.45) is 9.11. The molecule has 0 saturated carbocycles. The maximum absolute atomic E-state index is 13.7. The normalized spacial score (nSPS) is 21.1. The molecule has 1 aliphatic carbocycles. The molecule has 0 fully saturated rings. The Bertz CT molecular complexity index is 1140. The Morgan fingerprint density at radius 1 is 0.931 bits per heavy atom. The fraction of sp³-hybridized carbons (Fsp3) is 0.0833. The maximum atomic E-state index is 13.7. The second-order valence-corrected chi connectivity index (χ2v) is 6.71. The van der Waals surface area contributed by atoms with E-state index in [1.807, 2.05) is 24.3 Å². The number of hydrogen-bond donors (Lipinski definition) is 0. The Morgan fingerprint density at radius 2 is 1.59 bits per heavy atom. The summed E-state index contributed by atoms with van der Waals surface area (Å²) in [6, 6.07) is 18.0. The molecule has 0 saturated heterocycles. The number of terminal acetylenes is 1. The Hall–Kier alpha value is -4.04. The first-order valence-electron chi connectivity index (χ1n) is 9.04. The quantitative estimate of drug-likeness (QED) is 0.605. The van der Waals surface area contributed by atoms with Crippen molar-refractivity contribution < 1.29 is 14.4 Å². The summed E-state index contributed by atoms with van der Waals surface area (Å²) in [5.41, 5.74) is 0.0751. The van der Waals surface area contributed by atoms with Gasteiger partial charge in [0.1, 0.15) is 5.41 Å². The first-order valence-corrected chi connectivity index (χ1v) is 9.04. The Morgan fingerprint density at radius 3 is 2.24 bits per heavy atom. The van der Waals surface area contributed by atoms with Crippen LogP contribution in [0, 0.1) is 17.8 Å². The van der Waals surface area contributed by atoms with Crippen molar-refractivity contribution >= 4 is 28.9 Å². The molecule has 2 aromatic rings. The van der Waals surface area contributed by atoms with Gasteiger partial charge in [-0.25, -0.2) is 0 Å². The molecule has 2 aromatic carbocycles. The van der Waals surface area contributed by atoms with Crippen LogP contribution in [0.3, 0.4) is 0 Å². The van der Waals surface area contributed by atoms with E-state index >= 15 is 0 Å². The lowest BCUT2D eigenvalue weighted by molar-refractivity contribution is -0.124. The van der Waals surface area contributed by atoms with Gasteiger partial charge in [0, 0.05) is 12.0 Å². The molecule has 0 bridgehead atoms. The number of amides is 1. The van der Waals surface area contributed by atoms with E-state index in [9.17, 15) is 14.4 Å². The molecule has 1 heterocycles. The smallest absolute Gasteiger partial charge is 0.265 e. The molecule has 0 aromatic heterocycles. The second kappa shape index (κ2) is 7.17. The van der Waals surface area contributed by atoms with Gasteiger partial charge in [-0.2, -0.15) is 10.1 Å². The fourth-order valence-electron chi connectivity index (χ4n) is 3.65. The van der Waals surface area contributed by atoms with Crippen molar-refractivity contribution in [1.82, 2.24) is 0 Å². The zero-order chi connectivity index (χ0) is 20.4. The van der Waals surface area contributed by atoms with Crippen LogP contribution in [0.4, 0.5) is 5.69 Å². The summed E-state index contributed by atoms with van der Waals surface area (Å²) in [5, 5.41) is 5.85. The Balaban J connectivity index is 1.98. The molecule has 0 N–H and O–H groups in total. The second-order valence-electron chi connectivity index (χ2n) is 6.71. The number of rotatable bonds is 4. The van der Waals surface area contributed by atoms with Crippen LogP contribution in [-0.2, 0) is 14.4 Å². The standard InChI is InChI=1S/C24H16N2O3/c1-2-15-24(20-16-19(27)13-14-21(20)28)22(17-9-5-3-6-10-17)25-26(23(24)29)18-11-7-4-8-12-18/h1,3-14,16H,15H2. The van der Waals surface area contributed by atoms with Crippen LogP contribution >= 0.6 is 0 Å². The molecule has 1 unspecified atom stereocenters. The highest BCUT2D eigenvalue weighted by atomic mass is 16.2. The number of carbonyl (C=O) groups is 3. The fourth-order valence-corrected chi connectivity index (χ4v) is 3.65. The lowest BCUT2D eigenvalue weighted by Gasteiger charge is -2.30. The summed E-state index contributed by atoms with van der Waals surface area (Å²) < 4.78 is 0. The molecule has 5 heteroatoms. The van der Waals surface area contributed by atoms with Crippen LogP contribution in [0.5, 0.6) is 0 Å². The third-order valence-electron chi connectivity index (χ3n) is 4.99. The Labute approximate surface area is 168 Å². The number of hydrogen-bond acceptors (Lipinski definition) is 4. The molecule has 1 atom stereocenters. The van der Waals surface area contributed by atoms with E-state index in [1.54, 1.807) is 36.4 Å². The summed E-state index contributed by atoms with van der Waals surface area (Å²) in [5.74, 6) is 1.28. The predicted molar refractivity (Wildman–Crippen MR) is 110 cm³/mol. The highest BCUT2D eigenvalue weighted by Gasteiger charge is 2.56. The van der Waals surface area contributed by atoms with Gasteiger partial charge in [-0.1, -0.05) is 48.5 Å². The number of nitrogens with zero attached hydrogens (tertiary/aromatic N) is 2. The number of ketones is 2. The molecular weight excluding hydrogens is 364 g/mol. The highest BCUT2D eigenvalue weighted by Crippen LogP contribution is 2.44. The average Bonchev–Trinajstić information content (AvgIpc) is 3.04. The average molecular weight is 380 g/mol. The summed E-state index contributed by atoms with van der Waals surface area (Å²) >= 11 is 0. The summed E-state index contributed by atoms with van der Waals surface area (Å²) in [6.45, 7) is 0. The lowest BCUT2D eigenvalue weighted by Crippen LogP contribution is -2.44. The molecular formula is C24H16N2O3. The molecule has 2 aliphatic rings. The first-order chi connectivity index (χ1) is 14.1. The maximum Gasteiger partial charge on any atom is 0.265 e. The van der Waals surface area contributed by atoms with Gasteiger partial charge in [-0.05, 0) is 35.9 Å². The van der Waals surface area contributed by atoms with E-state index < -0.39 is 17.1 Å². The number of hydrazone groups is 1. The van der Waals surface area contributed by atoms with Gasteiger partial charge in [0.25, 0.3) is 5.91 Å². The highest BCUT2D eigenvalue weighted by molar-refractivity contribution is 6.33. The minimum atomic E-state index is -1.54. The summed E-state index contributed by atoms with van der Waals surface area (Å²) in [4.78, 5) is 38.6. The van der Waals surface area contributed by atoms with Crippen molar-refractivity contribution in [3.63, 3.8) is 0 Å². The minimum absolute atomic E-state index is 0.0500. The monoisotopic (exact) mass is 380 g/mol. The number of anilines is 1. The van der Waals surface area contributed by atoms with E-state index in [4.69, 9.17) is 6.42 Å². The summed E-state index contributed by atoms with van der Waals surface area (Å²) in [7, 11) is 0. The largest absolute Gasteiger partial charge is 0.290 e. The van der Waals surface area contributed by atoms with Gasteiger partial charge in [-0.15, -0.1) is 12.3 Å². The SMILES string of the molecule is C#CCC1(C2=CC(=O)C=CC2=O)C(=O)N(c2ccccc2)N=C1c1ccccc1. The molecule has 4 rings (SSSR count). The van der Waals surface area contributed by atoms with E-state index in [0.29, 0.717) is 17.0 Å². The van der Waals surface area contributed by atoms with Gasteiger partial charge in [-0.3, -0.25) is 14.4 Å². The van der Waals surface area contributed by atoms with E-state index in [2.05, 4.69) is 11.0 Å². The zero-order valence-corrected chi connectivity index (χ0v) is 15.4. The Kier molecular flexibility index (Phi) is 4.53. The van der Waals surface area contributed by atoms with Crippen LogP contribution < -0.4 is 5.01 Å². The first kappa shape index (κ1) is 18.3. The molecule has 5 nitrogen and oxygen atoms in total. The van der Waals surface area contributed by atoms with Crippen molar-refractivity contribution in [3.8, 4) is 12.3 Å². The van der Waals surface area contributed by atoms with Crippen LogP contribution in [-0.4, -0.2) is 23.2 Å². The molecule has 1 aliphatic heterocycles. The van der Waals surface area contributed by atoms with Gasteiger partial charge in [0.05, 0.1) is 11.4 Å². The minimum Gasteiger partial charge on any atom is -0.290 e. The number of benzene rings is 2. The van der Waals surface area contributed by atoms with Crippen molar-refractivity contribution in [2.24, 2.45) is 10.5 Å². The van der Waals surface area contributed by atoms with Crippen molar-refractivity contribution in [1.29, 1.82) is 0 Å². The topological polar surface area (TPSA) is 66.8 Å². The molecule has 0 spiro atoms. The van der Waals surface area contributed by atoms with E-state index in [-0.39, 0.29) is 17.8 Å².